The Morgan fingerprint density at radius 1 is 1.15 bits per heavy atom. The maximum absolute atomic E-state index is 14.5. The quantitative estimate of drug-likeness (QED) is 0.554. The number of anilines is 1. The Balaban J connectivity index is 1.34. The zero-order chi connectivity index (χ0) is 23.5. The fourth-order valence-corrected chi connectivity index (χ4v) is 4.52. The fraction of sp³-hybridized carbons (Fsp3) is 0.227. The van der Waals surface area contributed by atoms with Gasteiger partial charge < -0.3 is 10.6 Å². The van der Waals surface area contributed by atoms with Gasteiger partial charge in [-0.2, -0.15) is 0 Å². The molecular weight excluding hydrogens is 474 g/mol. The van der Waals surface area contributed by atoms with E-state index >= 15 is 0 Å². The van der Waals surface area contributed by atoms with E-state index in [-0.39, 0.29) is 30.9 Å². The van der Waals surface area contributed by atoms with Crippen LogP contribution in [0.5, 0.6) is 0 Å². The first-order valence-corrected chi connectivity index (χ1v) is 11.2. The fourth-order valence-electron chi connectivity index (χ4n) is 3.57. The van der Waals surface area contributed by atoms with Crippen LogP contribution in [-0.4, -0.2) is 53.1 Å². The topological polar surface area (TPSA) is 83.4 Å². The molecular formula is C22H19ClF2N4O3S. The van der Waals surface area contributed by atoms with E-state index in [0.717, 1.165) is 17.4 Å². The van der Waals surface area contributed by atoms with Crippen LogP contribution in [0.1, 0.15) is 9.67 Å². The molecule has 0 aliphatic carbocycles. The van der Waals surface area contributed by atoms with Crippen LogP contribution in [0.4, 0.5) is 14.5 Å². The van der Waals surface area contributed by atoms with Gasteiger partial charge in [-0.1, -0.05) is 17.7 Å². The van der Waals surface area contributed by atoms with E-state index in [1.54, 1.807) is 29.2 Å². The van der Waals surface area contributed by atoms with E-state index < -0.39 is 29.8 Å². The summed E-state index contributed by atoms with van der Waals surface area (Å²) in [6.07, 6.45) is 0.163. The molecule has 1 aliphatic heterocycles. The molecule has 11 heteroatoms. The average Bonchev–Trinajstić information content (AvgIpc) is 3.35. The summed E-state index contributed by atoms with van der Waals surface area (Å²) in [5.41, 5.74) is -0.0445. The molecule has 0 radical (unpaired) electrons. The number of pyridine rings is 1. The van der Waals surface area contributed by atoms with Crippen molar-refractivity contribution in [2.24, 2.45) is 0 Å². The standard InChI is InChI=1S/C22H19ClF2N4O3S/c23-19-7-6-18(33-19)22(32)27-17-11-28(10-15(17)25)12-20(30)26-16-5-4-13(9-14(16)24)29-8-2-1-3-21(29)31/h1-9,15,17H,10-12H2,(H,26,30)(H,27,32)/t15?,17-/m0/s1. The van der Waals surface area contributed by atoms with E-state index in [2.05, 4.69) is 10.6 Å². The maximum atomic E-state index is 14.5. The Morgan fingerprint density at radius 3 is 2.67 bits per heavy atom. The lowest BCUT2D eigenvalue weighted by molar-refractivity contribution is -0.117. The number of thiophene rings is 1. The molecule has 7 nitrogen and oxygen atoms in total. The van der Waals surface area contributed by atoms with Crippen molar-refractivity contribution in [1.82, 2.24) is 14.8 Å². The normalized spacial score (nSPS) is 18.3. The van der Waals surface area contributed by atoms with Crippen LogP contribution in [-0.2, 0) is 4.79 Å². The minimum atomic E-state index is -1.35. The molecule has 1 fully saturated rings. The lowest BCUT2D eigenvalue weighted by Gasteiger charge is -2.16. The van der Waals surface area contributed by atoms with E-state index in [1.165, 1.54) is 29.0 Å². The highest BCUT2D eigenvalue weighted by molar-refractivity contribution is 7.18. The molecule has 2 N–H and O–H groups in total. The number of carbonyl (C=O) groups is 2. The summed E-state index contributed by atoms with van der Waals surface area (Å²) in [6.45, 7) is -0.0728. The number of benzene rings is 1. The molecule has 2 amide bonds. The van der Waals surface area contributed by atoms with Crippen LogP contribution in [0, 0.1) is 5.82 Å². The predicted molar refractivity (Wildman–Crippen MR) is 123 cm³/mol. The van der Waals surface area contributed by atoms with Gasteiger partial charge in [0.25, 0.3) is 11.5 Å². The third kappa shape index (κ3) is 5.47. The van der Waals surface area contributed by atoms with Gasteiger partial charge in [0.15, 0.2) is 0 Å². The minimum Gasteiger partial charge on any atom is -0.344 e. The first kappa shape index (κ1) is 23.1. The number of halogens is 3. The van der Waals surface area contributed by atoms with Gasteiger partial charge in [-0.15, -0.1) is 11.3 Å². The van der Waals surface area contributed by atoms with E-state index in [9.17, 15) is 23.2 Å². The third-order valence-electron chi connectivity index (χ3n) is 5.13. The molecule has 0 spiro atoms. The molecule has 1 aromatic carbocycles. The average molecular weight is 493 g/mol. The lowest BCUT2D eigenvalue weighted by atomic mass is 10.2. The Morgan fingerprint density at radius 2 is 1.97 bits per heavy atom. The van der Waals surface area contributed by atoms with Crippen molar-refractivity contribution in [2.45, 2.75) is 12.2 Å². The number of hydrogen-bond donors (Lipinski definition) is 2. The second kappa shape index (κ2) is 9.82. The molecule has 0 bridgehead atoms. The van der Waals surface area contributed by atoms with Crippen LogP contribution in [0.3, 0.4) is 0 Å². The zero-order valence-electron chi connectivity index (χ0n) is 17.1. The molecule has 2 aromatic heterocycles. The largest absolute Gasteiger partial charge is 0.344 e. The number of amides is 2. The number of likely N-dealkylation sites (tertiary alicyclic amines) is 1. The molecule has 33 heavy (non-hydrogen) atoms. The Labute approximate surface area is 196 Å². The number of aromatic nitrogens is 1. The molecule has 3 heterocycles. The summed E-state index contributed by atoms with van der Waals surface area (Å²) in [4.78, 5) is 38.4. The summed E-state index contributed by atoms with van der Waals surface area (Å²) in [6, 6.07) is 11.0. The minimum absolute atomic E-state index is 0.0398. The Hall–Kier alpha value is -3.08. The first-order chi connectivity index (χ1) is 15.8. The lowest BCUT2D eigenvalue weighted by Crippen LogP contribution is -2.41. The van der Waals surface area contributed by atoms with Gasteiger partial charge >= 0.3 is 0 Å². The third-order valence-corrected chi connectivity index (χ3v) is 6.36. The molecule has 2 atom stereocenters. The van der Waals surface area contributed by atoms with Crippen molar-refractivity contribution >= 4 is 40.4 Å². The van der Waals surface area contributed by atoms with Gasteiger partial charge in [0, 0.05) is 31.4 Å². The second-order valence-electron chi connectivity index (χ2n) is 7.51. The van der Waals surface area contributed by atoms with Crippen molar-refractivity contribution in [3.63, 3.8) is 0 Å². The smallest absolute Gasteiger partial charge is 0.261 e. The molecule has 3 aromatic rings. The zero-order valence-corrected chi connectivity index (χ0v) is 18.7. The van der Waals surface area contributed by atoms with E-state index in [0.29, 0.717) is 14.9 Å². The van der Waals surface area contributed by atoms with Gasteiger partial charge in [0.2, 0.25) is 5.91 Å². The number of nitrogens with one attached hydrogen (secondary N) is 2. The van der Waals surface area contributed by atoms with Crippen LogP contribution in [0.15, 0.2) is 59.5 Å². The first-order valence-electron chi connectivity index (χ1n) is 10.0. The summed E-state index contributed by atoms with van der Waals surface area (Å²) in [5, 5.41) is 5.09. The van der Waals surface area contributed by atoms with E-state index in [4.69, 9.17) is 11.6 Å². The van der Waals surface area contributed by atoms with Crippen molar-refractivity contribution in [3.05, 3.63) is 80.1 Å². The van der Waals surface area contributed by atoms with Gasteiger partial charge in [0.1, 0.15) is 12.0 Å². The number of rotatable bonds is 6. The monoisotopic (exact) mass is 492 g/mol. The molecule has 1 saturated heterocycles. The van der Waals surface area contributed by atoms with Crippen LogP contribution < -0.4 is 16.2 Å². The number of carbonyl (C=O) groups excluding carboxylic acids is 2. The number of alkyl halides is 1. The Kier molecular flexibility index (Phi) is 6.87. The Bertz CT molecular complexity index is 1250. The van der Waals surface area contributed by atoms with Crippen molar-refractivity contribution in [1.29, 1.82) is 0 Å². The summed E-state index contributed by atoms with van der Waals surface area (Å²) in [7, 11) is 0. The highest BCUT2D eigenvalue weighted by Gasteiger charge is 2.35. The van der Waals surface area contributed by atoms with Crippen molar-refractivity contribution < 1.29 is 18.4 Å². The van der Waals surface area contributed by atoms with Gasteiger partial charge in [-0.3, -0.25) is 23.9 Å². The van der Waals surface area contributed by atoms with E-state index in [1.807, 2.05) is 0 Å². The van der Waals surface area contributed by atoms with Crippen LogP contribution in [0.2, 0.25) is 4.34 Å². The van der Waals surface area contributed by atoms with Crippen LogP contribution in [0.25, 0.3) is 5.69 Å². The molecule has 172 valence electrons. The maximum Gasteiger partial charge on any atom is 0.261 e. The van der Waals surface area contributed by atoms with Crippen molar-refractivity contribution in [3.8, 4) is 5.69 Å². The second-order valence-corrected chi connectivity index (χ2v) is 9.23. The van der Waals surface area contributed by atoms with Gasteiger partial charge in [0.05, 0.1) is 33.2 Å². The summed E-state index contributed by atoms with van der Waals surface area (Å²) < 4.78 is 30.6. The number of hydrogen-bond acceptors (Lipinski definition) is 5. The van der Waals surface area contributed by atoms with Crippen molar-refractivity contribution in [2.75, 3.05) is 25.0 Å². The van der Waals surface area contributed by atoms with Gasteiger partial charge in [-0.25, -0.2) is 8.78 Å². The highest BCUT2D eigenvalue weighted by Crippen LogP contribution is 2.22. The van der Waals surface area contributed by atoms with Crippen LogP contribution >= 0.6 is 22.9 Å². The predicted octanol–water partition coefficient (Wildman–Crippen LogP) is 3.08. The summed E-state index contributed by atoms with van der Waals surface area (Å²) in [5.74, 6) is -1.66. The molecule has 4 rings (SSSR count). The number of nitrogens with zero attached hydrogens (tertiary/aromatic N) is 2. The SMILES string of the molecule is O=C(CN1CC(F)[C@@H](NC(=O)c2ccc(Cl)s2)C1)Nc1ccc(-n2ccccc2=O)cc1F. The highest BCUT2D eigenvalue weighted by atomic mass is 35.5. The molecule has 0 saturated carbocycles. The molecule has 1 unspecified atom stereocenters. The molecule has 1 aliphatic rings. The summed E-state index contributed by atoms with van der Waals surface area (Å²) >= 11 is 6.92. The van der Waals surface area contributed by atoms with Gasteiger partial charge in [-0.05, 0) is 30.3 Å².